The maximum Gasteiger partial charge on any atom is 0.119 e. The molecule has 0 radical (unpaired) electrons. The Balaban J connectivity index is 2.21. The van der Waals surface area contributed by atoms with Gasteiger partial charge in [0.2, 0.25) is 0 Å². The van der Waals surface area contributed by atoms with Crippen LogP contribution in [-0.2, 0) is 17.8 Å². The van der Waals surface area contributed by atoms with Crippen LogP contribution in [0.5, 0.6) is 0 Å². The number of nitrogens with zero attached hydrogens (tertiary/aromatic N) is 1. The predicted molar refractivity (Wildman–Crippen MR) is 76.0 cm³/mol. The third-order valence-electron chi connectivity index (χ3n) is 3.37. The highest BCUT2D eigenvalue weighted by Crippen LogP contribution is 2.43. The van der Waals surface area contributed by atoms with E-state index in [9.17, 15) is 0 Å². The summed E-state index contributed by atoms with van der Waals surface area (Å²) in [5.74, 6) is 0. The van der Waals surface area contributed by atoms with Crippen molar-refractivity contribution in [2.45, 2.75) is 53.2 Å². The summed E-state index contributed by atoms with van der Waals surface area (Å²) in [6.07, 6.45) is 2.29. The number of fused-ring (bicyclic) bond motifs is 1. The Morgan fingerprint density at radius 2 is 2.22 bits per heavy atom. The highest BCUT2D eigenvalue weighted by Gasteiger charge is 2.34. The summed E-state index contributed by atoms with van der Waals surface area (Å²) in [5.41, 5.74) is 1.63. The standard InChI is InChI=1S/C14H24N2OS/c1-5-15-10-7-14(3,4)8-11-13(10)18-12(16-11)9-17-6-2/h10,15H,5-9H2,1-4H3. The fourth-order valence-electron chi connectivity index (χ4n) is 2.65. The molecule has 0 amide bonds. The van der Waals surface area contributed by atoms with E-state index in [1.54, 1.807) is 0 Å². The van der Waals surface area contributed by atoms with Gasteiger partial charge in [-0.05, 0) is 31.7 Å². The van der Waals surface area contributed by atoms with Crippen LogP contribution in [0.2, 0.25) is 0 Å². The van der Waals surface area contributed by atoms with Gasteiger partial charge in [0, 0.05) is 17.5 Å². The number of aromatic nitrogens is 1. The molecule has 1 unspecified atom stereocenters. The van der Waals surface area contributed by atoms with Crippen molar-refractivity contribution in [2.75, 3.05) is 13.2 Å². The molecule has 1 N–H and O–H groups in total. The van der Waals surface area contributed by atoms with Crippen molar-refractivity contribution < 1.29 is 4.74 Å². The lowest BCUT2D eigenvalue weighted by atomic mass is 9.76. The second-order valence-electron chi connectivity index (χ2n) is 5.71. The lowest BCUT2D eigenvalue weighted by Crippen LogP contribution is -2.32. The molecule has 18 heavy (non-hydrogen) atoms. The molecule has 3 nitrogen and oxygen atoms in total. The SMILES string of the molecule is CCNC1CC(C)(C)Cc2nc(COCC)sc21. The first-order valence-electron chi connectivity index (χ1n) is 6.85. The first-order chi connectivity index (χ1) is 8.55. The van der Waals surface area contributed by atoms with Gasteiger partial charge in [-0.15, -0.1) is 11.3 Å². The van der Waals surface area contributed by atoms with E-state index in [0.717, 1.165) is 24.6 Å². The molecule has 2 rings (SSSR count). The summed E-state index contributed by atoms with van der Waals surface area (Å²) < 4.78 is 5.47. The van der Waals surface area contributed by atoms with Gasteiger partial charge in [0.25, 0.3) is 0 Å². The van der Waals surface area contributed by atoms with Crippen LogP contribution >= 0.6 is 11.3 Å². The van der Waals surface area contributed by atoms with Crippen LogP contribution in [0, 0.1) is 5.41 Å². The van der Waals surface area contributed by atoms with Gasteiger partial charge in [0.15, 0.2) is 0 Å². The highest BCUT2D eigenvalue weighted by molar-refractivity contribution is 7.11. The molecule has 0 bridgehead atoms. The van der Waals surface area contributed by atoms with E-state index in [4.69, 9.17) is 9.72 Å². The van der Waals surface area contributed by atoms with Crippen molar-refractivity contribution in [3.63, 3.8) is 0 Å². The van der Waals surface area contributed by atoms with E-state index in [-0.39, 0.29) is 0 Å². The molecule has 1 aliphatic rings. The highest BCUT2D eigenvalue weighted by atomic mass is 32.1. The lowest BCUT2D eigenvalue weighted by molar-refractivity contribution is 0.133. The second-order valence-corrected chi connectivity index (χ2v) is 6.83. The Kier molecular flexibility index (Phi) is 4.41. The van der Waals surface area contributed by atoms with Crippen LogP contribution in [0.1, 0.15) is 55.7 Å². The summed E-state index contributed by atoms with van der Waals surface area (Å²) in [5, 5.41) is 4.72. The summed E-state index contributed by atoms with van der Waals surface area (Å²) in [4.78, 5) is 6.21. The predicted octanol–water partition coefficient (Wildman–Crippen LogP) is 3.30. The van der Waals surface area contributed by atoms with Crippen molar-refractivity contribution >= 4 is 11.3 Å². The molecule has 0 aromatic carbocycles. The fourth-order valence-corrected chi connectivity index (χ4v) is 3.74. The summed E-state index contributed by atoms with van der Waals surface area (Å²) >= 11 is 1.83. The van der Waals surface area contributed by atoms with E-state index in [1.165, 1.54) is 17.0 Å². The molecule has 1 aromatic heterocycles. The van der Waals surface area contributed by atoms with E-state index in [2.05, 4.69) is 26.1 Å². The van der Waals surface area contributed by atoms with Gasteiger partial charge in [0.1, 0.15) is 5.01 Å². The zero-order valence-corrected chi connectivity index (χ0v) is 12.7. The number of hydrogen-bond acceptors (Lipinski definition) is 4. The van der Waals surface area contributed by atoms with E-state index in [0.29, 0.717) is 18.1 Å². The molecule has 1 heterocycles. The lowest BCUT2D eigenvalue weighted by Gasteiger charge is -2.34. The molecule has 1 atom stereocenters. The number of nitrogens with one attached hydrogen (secondary N) is 1. The zero-order valence-electron chi connectivity index (χ0n) is 11.9. The molecule has 0 aliphatic heterocycles. The first kappa shape index (κ1) is 14.0. The molecule has 102 valence electrons. The summed E-state index contributed by atoms with van der Waals surface area (Å²) in [6.45, 7) is 11.3. The molecule has 0 spiro atoms. The van der Waals surface area contributed by atoms with Crippen LogP contribution in [0.3, 0.4) is 0 Å². The van der Waals surface area contributed by atoms with Gasteiger partial charge in [0.05, 0.1) is 12.3 Å². The maximum absolute atomic E-state index is 5.47. The van der Waals surface area contributed by atoms with Gasteiger partial charge in [-0.25, -0.2) is 4.98 Å². The maximum atomic E-state index is 5.47. The van der Waals surface area contributed by atoms with Crippen molar-refractivity contribution in [3.8, 4) is 0 Å². The van der Waals surface area contributed by atoms with E-state index in [1.807, 2.05) is 18.3 Å². The fraction of sp³-hybridized carbons (Fsp3) is 0.786. The van der Waals surface area contributed by atoms with Crippen molar-refractivity contribution in [1.82, 2.24) is 10.3 Å². The first-order valence-corrected chi connectivity index (χ1v) is 7.67. The molecule has 0 saturated heterocycles. The Hall–Kier alpha value is -0.450. The second kappa shape index (κ2) is 5.68. The third-order valence-corrected chi connectivity index (χ3v) is 4.56. The number of ether oxygens (including phenoxy) is 1. The normalized spacial score (nSPS) is 21.9. The van der Waals surface area contributed by atoms with Crippen LogP contribution < -0.4 is 5.32 Å². The smallest absolute Gasteiger partial charge is 0.119 e. The summed E-state index contributed by atoms with van der Waals surface area (Å²) in [6, 6.07) is 0.474. The van der Waals surface area contributed by atoms with Gasteiger partial charge >= 0.3 is 0 Å². The molecular weight excluding hydrogens is 244 g/mol. The Bertz CT molecular complexity index is 400. The molecule has 0 saturated carbocycles. The van der Waals surface area contributed by atoms with Crippen LogP contribution in [0.4, 0.5) is 0 Å². The van der Waals surface area contributed by atoms with Gasteiger partial charge < -0.3 is 10.1 Å². The van der Waals surface area contributed by atoms with Crippen LogP contribution in [0.15, 0.2) is 0 Å². The van der Waals surface area contributed by atoms with Gasteiger partial charge in [-0.1, -0.05) is 20.8 Å². The van der Waals surface area contributed by atoms with Crippen LogP contribution in [-0.4, -0.2) is 18.1 Å². The average molecular weight is 268 g/mol. The Labute approximate surface area is 114 Å². The van der Waals surface area contributed by atoms with Crippen molar-refractivity contribution in [2.24, 2.45) is 5.41 Å². The van der Waals surface area contributed by atoms with Gasteiger partial charge in [-0.2, -0.15) is 0 Å². The summed E-state index contributed by atoms with van der Waals surface area (Å²) in [7, 11) is 0. The van der Waals surface area contributed by atoms with Crippen LogP contribution in [0.25, 0.3) is 0 Å². The number of hydrogen-bond donors (Lipinski definition) is 1. The molecular formula is C14H24N2OS. The zero-order chi connectivity index (χ0) is 13.2. The Morgan fingerprint density at radius 1 is 1.44 bits per heavy atom. The number of rotatable bonds is 5. The van der Waals surface area contributed by atoms with E-state index < -0.39 is 0 Å². The minimum Gasteiger partial charge on any atom is -0.375 e. The minimum atomic E-state index is 0.344. The minimum absolute atomic E-state index is 0.344. The topological polar surface area (TPSA) is 34.2 Å². The molecule has 0 fully saturated rings. The molecule has 1 aliphatic carbocycles. The monoisotopic (exact) mass is 268 g/mol. The van der Waals surface area contributed by atoms with Crippen molar-refractivity contribution in [1.29, 1.82) is 0 Å². The molecule has 4 heteroatoms. The quantitative estimate of drug-likeness (QED) is 0.889. The number of thiazole rings is 1. The Morgan fingerprint density at radius 3 is 2.89 bits per heavy atom. The largest absolute Gasteiger partial charge is 0.375 e. The molecule has 1 aromatic rings. The van der Waals surface area contributed by atoms with Gasteiger partial charge in [-0.3, -0.25) is 0 Å². The average Bonchev–Trinajstić information content (AvgIpc) is 2.68. The third kappa shape index (κ3) is 3.11. The van der Waals surface area contributed by atoms with Crippen molar-refractivity contribution in [3.05, 3.63) is 15.6 Å². The van der Waals surface area contributed by atoms with E-state index >= 15 is 0 Å².